The lowest BCUT2D eigenvalue weighted by Crippen LogP contribution is -2.52. The van der Waals surface area contributed by atoms with E-state index in [0.29, 0.717) is 22.8 Å². The molecule has 1 heterocycles. The van der Waals surface area contributed by atoms with Crippen molar-refractivity contribution >= 4 is 62.4 Å². The molecule has 2 aromatic carbocycles. The van der Waals surface area contributed by atoms with E-state index < -0.39 is 35.0 Å². The lowest BCUT2D eigenvalue weighted by Gasteiger charge is -2.24. The third-order valence-electron chi connectivity index (χ3n) is 5.61. The van der Waals surface area contributed by atoms with E-state index in [1.165, 1.54) is 30.2 Å². The summed E-state index contributed by atoms with van der Waals surface area (Å²) in [7, 11) is -1.53. The number of aliphatic imine (C=N–C) groups is 1. The second kappa shape index (κ2) is 15.1. The highest BCUT2D eigenvalue weighted by Crippen LogP contribution is 2.21. The van der Waals surface area contributed by atoms with Crippen LogP contribution in [-0.4, -0.2) is 50.9 Å². The van der Waals surface area contributed by atoms with Crippen LogP contribution in [0.2, 0.25) is 0 Å². The number of benzene rings is 2. The quantitative estimate of drug-likeness (QED) is 0.144. The van der Waals surface area contributed by atoms with Gasteiger partial charge in [0.15, 0.2) is 0 Å². The molecule has 3 N–H and O–H groups in total. The van der Waals surface area contributed by atoms with E-state index in [9.17, 15) is 18.0 Å². The Morgan fingerprint density at radius 3 is 2.26 bits per heavy atom. The monoisotopic (exact) mass is 586 g/mol. The van der Waals surface area contributed by atoms with Crippen LogP contribution in [-0.2, 0) is 33.3 Å². The van der Waals surface area contributed by atoms with Gasteiger partial charge in [-0.2, -0.15) is 11.3 Å². The number of hydrogen-bond donors (Lipinski definition) is 4. The maximum absolute atomic E-state index is 13.6. The average molecular weight is 587 g/mol. The summed E-state index contributed by atoms with van der Waals surface area (Å²) in [5, 5.41) is 10.2. The van der Waals surface area contributed by atoms with E-state index in [2.05, 4.69) is 21.9 Å². The van der Waals surface area contributed by atoms with Crippen molar-refractivity contribution in [2.24, 2.45) is 4.99 Å². The number of thiol groups is 1. The number of carbonyl (C=O) groups is 2. The largest absolute Gasteiger partial charge is 0.453 e. The molecule has 0 saturated heterocycles. The van der Waals surface area contributed by atoms with Crippen LogP contribution in [0.1, 0.15) is 16.7 Å². The van der Waals surface area contributed by atoms with Crippen molar-refractivity contribution in [3.8, 4) is 0 Å². The number of alkyl carbamates (subject to hydrolysis) is 1. The third kappa shape index (κ3) is 9.57. The molecule has 3 rings (SSSR count). The number of anilines is 1. The standard InChI is InChI=1S/C27H30N4O5S3/c1-18(21-13-14-38-17-21)28-26(37-3)24(16-20-9-11-22(12-10-20)31-39(34)35)29-25(32)23(30-27(33)36-2)15-19-7-5-4-6-8-19/h4-14,17,23-24,39H,1,15-16H2,2-3H3,(H,29,32)(H,30,33)(H,31,34,35)/b28-26-/t23-,24-/m0/s1. The smallest absolute Gasteiger partial charge is 0.407 e. The summed E-state index contributed by atoms with van der Waals surface area (Å²) in [5.41, 5.74) is 3.59. The Labute approximate surface area is 237 Å². The van der Waals surface area contributed by atoms with Gasteiger partial charge in [0.25, 0.3) is 0 Å². The number of thioether (sulfide) groups is 1. The summed E-state index contributed by atoms with van der Waals surface area (Å²) in [6, 6.07) is 16.7. The molecule has 2 atom stereocenters. The molecule has 0 spiro atoms. The minimum Gasteiger partial charge on any atom is -0.453 e. The molecule has 0 radical (unpaired) electrons. The minimum absolute atomic E-state index is 0.260. The molecule has 0 unspecified atom stereocenters. The highest BCUT2D eigenvalue weighted by Gasteiger charge is 2.27. The van der Waals surface area contributed by atoms with E-state index in [1.807, 2.05) is 53.4 Å². The molecular formula is C27H30N4O5S3. The molecule has 0 aliphatic rings. The number of amides is 2. The second-order valence-corrected chi connectivity index (χ2v) is 10.7. The van der Waals surface area contributed by atoms with Gasteiger partial charge < -0.3 is 15.4 Å². The number of carbonyl (C=O) groups excluding carboxylic acids is 2. The van der Waals surface area contributed by atoms with Crippen molar-refractivity contribution in [2.45, 2.75) is 24.9 Å². The number of nitrogens with one attached hydrogen (secondary N) is 3. The predicted molar refractivity (Wildman–Crippen MR) is 160 cm³/mol. The SMILES string of the molecule is C=C(/N=C(\SC)[C@H](Cc1ccc(N[SH](=O)=O)cc1)NC(=O)[C@H](Cc1ccccc1)NC(=O)OC)c1ccsc1. The van der Waals surface area contributed by atoms with E-state index in [0.717, 1.165) is 16.7 Å². The Bertz CT molecular complexity index is 1350. The molecule has 39 heavy (non-hydrogen) atoms. The molecule has 3 aromatic rings. The third-order valence-corrected chi connectivity index (χ3v) is 7.53. The van der Waals surface area contributed by atoms with E-state index in [1.54, 1.807) is 24.3 Å². The summed E-state index contributed by atoms with van der Waals surface area (Å²) in [5.74, 6) is -0.404. The fourth-order valence-corrected chi connectivity index (χ4v) is 5.33. The molecule has 206 valence electrons. The van der Waals surface area contributed by atoms with Crippen LogP contribution in [0, 0.1) is 0 Å². The Hall–Kier alpha value is -3.61. The molecule has 1 aromatic heterocycles. The lowest BCUT2D eigenvalue weighted by molar-refractivity contribution is -0.123. The first kappa shape index (κ1) is 29.9. The zero-order valence-corrected chi connectivity index (χ0v) is 24.0. The summed E-state index contributed by atoms with van der Waals surface area (Å²) in [6.45, 7) is 4.09. The van der Waals surface area contributed by atoms with Crippen molar-refractivity contribution < 1.29 is 22.7 Å². The van der Waals surface area contributed by atoms with E-state index in [-0.39, 0.29) is 6.42 Å². The van der Waals surface area contributed by atoms with Crippen molar-refractivity contribution in [3.05, 3.63) is 94.7 Å². The van der Waals surface area contributed by atoms with E-state index >= 15 is 0 Å². The molecule has 2 amide bonds. The van der Waals surface area contributed by atoms with Crippen LogP contribution in [0.4, 0.5) is 10.5 Å². The maximum atomic E-state index is 13.6. The van der Waals surface area contributed by atoms with Gasteiger partial charge in [0.2, 0.25) is 16.8 Å². The lowest BCUT2D eigenvalue weighted by atomic mass is 10.0. The number of methoxy groups -OCH3 is 1. The predicted octanol–water partition coefficient (Wildman–Crippen LogP) is 4.11. The first-order valence-electron chi connectivity index (χ1n) is 11.8. The molecule has 12 heteroatoms. The first-order chi connectivity index (χ1) is 18.8. The van der Waals surface area contributed by atoms with Gasteiger partial charge >= 0.3 is 6.09 Å². The maximum Gasteiger partial charge on any atom is 0.407 e. The van der Waals surface area contributed by atoms with Gasteiger partial charge in [0, 0.05) is 23.1 Å². The zero-order valence-electron chi connectivity index (χ0n) is 21.5. The zero-order chi connectivity index (χ0) is 28.2. The Morgan fingerprint density at radius 1 is 1.00 bits per heavy atom. The molecule has 0 aliphatic heterocycles. The fourth-order valence-electron chi connectivity index (χ4n) is 3.68. The number of thiophene rings is 1. The Balaban J connectivity index is 1.90. The van der Waals surface area contributed by atoms with Gasteiger partial charge in [-0.25, -0.2) is 18.2 Å². The number of rotatable bonds is 12. The molecule has 0 aliphatic carbocycles. The number of hydrogen-bond acceptors (Lipinski definition) is 8. The average Bonchev–Trinajstić information content (AvgIpc) is 3.47. The molecular weight excluding hydrogens is 557 g/mol. The summed E-state index contributed by atoms with van der Waals surface area (Å²) < 4.78 is 29.1. The van der Waals surface area contributed by atoms with Crippen LogP contribution in [0.5, 0.6) is 0 Å². The van der Waals surface area contributed by atoms with Gasteiger partial charge in [0.1, 0.15) is 6.04 Å². The van der Waals surface area contributed by atoms with Crippen LogP contribution < -0.4 is 15.4 Å². The molecule has 0 fully saturated rings. The van der Waals surface area contributed by atoms with E-state index in [4.69, 9.17) is 9.73 Å². The van der Waals surface area contributed by atoms with Crippen molar-refractivity contribution in [1.29, 1.82) is 0 Å². The molecule has 0 saturated carbocycles. The summed E-state index contributed by atoms with van der Waals surface area (Å²) in [4.78, 5) is 30.4. The van der Waals surface area contributed by atoms with Crippen molar-refractivity contribution in [2.75, 3.05) is 18.1 Å². The van der Waals surface area contributed by atoms with Crippen LogP contribution in [0.25, 0.3) is 5.70 Å². The van der Waals surface area contributed by atoms with Gasteiger partial charge in [-0.15, -0.1) is 11.8 Å². The first-order valence-corrected chi connectivity index (χ1v) is 15.2. The fraction of sp³-hybridized carbons (Fsp3) is 0.222. The van der Waals surface area contributed by atoms with Gasteiger partial charge in [-0.3, -0.25) is 9.52 Å². The second-order valence-electron chi connectivity index (χ2n) is 8.32. The summed E-state index contributed by atoms with van der Waals surface area (Å²) >= 11 is 2.92. The number of nitrogens with zero attached hydrogens (tertiary/aromatic N) is 1. The minimum atomic E-state index is -2.78. The van der Waals surface area contributed by atoms with Crippen molar-refractivity contribution in [1.82, 2.24) is 10.6 Å². The van der Waals surface area contributed by atoms with Gasteiger partial charge in [-0.05, 0) is 47.4 Å². The summed E-state index contributed by atoms with van der Waals surface area (Å²) in [6.07, 6.45) is 1.77. The van der Waals surface area contributed by atoms with Crippen LogP contribution in [0.15, 0.2) is 83.0 Å². The van der Waals surface area contributed by atoms with Crippen LogP contribution >= 0.6 is 23.1 Å². The topological polar surface area (TPSA) is 126 Å². The molecule has 9 nitrogen and oxygen atoms in total. The Morgan fingerprint density at radius 2 is 1.67 bits per heavy atom. The normalized spacial score (nSPS) is 12.8. The van der Waals surface area contributed by atoms with Crippen molar-refractivity contribution in [3.63, 3.8) is 0 Å². The molecule has 0 bridgehead atoms. The van der Waals surface area contributed by atoms with Gasteiger partial charge in [-0.1, -0.05) is 49.0 Å². The number of ether oxygens (including phenoxy) is 1. The highest BCUT2D eigenvalue weighted by atomic mass is 32.2. The van der Waals surface area contributed by atoms with Gasteiger partial charge in [0.05, 0.1) is 23.9 Å². The van der Waals surface area contributed by atoms with Crippen LogP contribution in [0.3, 0.4) is 0 Å². The highest BCUT2D eigenvalue weighted by molar-refractivity contribution is 8.13. The Kier molecular flexibility index (Phi) is 11.6.